The predicted octanol–water partition coefficient (Wildman–Crippen LogP) is 2.02. The molecule has 6 heteroatoms. The standard InChI is InChI=1S/C15H18N4O2/c1-9(17-15(20)13-14(16)19-21-18-13)11-7-6-10-4-2-3-5-12(10)8-11/h6-9H,2-5H2,1H3,(H2,16,19)(H,17,20). The predicted molar refractivity (Wildman–Crippen MR) is 77.7 cm³/mol. The monoisotopic (exact) mass is 286 g/mol. The van der Waals surface area contributed by atoms with Crippen LogP contribution < -0.4 is 11.1 Å². The van der Waals surface area contributed by atoms with Gasteiger partial charge in [-0.2, -0.15) is 0 Å². The van der Waals surface area contributed by atoms with Crippen molar-refractivity contribution in [2.75, 3.05) is 5.73 Å². The minimum Gasteiger partial charge on any atom is -0.379 e. The first kappa shape index (κ1) is 13.6. The average molecular weight is 286 g/mol. The third-order valence-electron chi connectivity index (χ3n) is 3.95. The molecule has 6 nitrogen and oxygen atoms in total. The van der Waals surface area contributed by atoms with Gasteiger partial charge in [-0.1, -0.05) is 18.2 Å². The molecule has 0 bridgehead atoms. The van der Waals surface area contributed by atoms with Gasteiger partial charge in [0.25, 0.3) is 5.91 Å². The Hall–Kier alpha value is -2.37. The maximum absolute atomic E-state index is 12.0. The van der Waals surface area contributed by atoms with Gasteiger partial charge in [-0.3, -0.25) is 4.79 Å². The van der Waals surface area contributed by atoms with E-state index < -0.39 is 0 Å². The topological polar surface area (TPSA) is 94.0 Å². The summed E-state index contributed by atoms with van der Waals surface area (Å²) in [6.07, 6.45) is 4.76. The number of nitrogens with two attached hydrogens (primary N) is 1. The van der Waals surface area contributed by atoms with Gasteiger partial charge >= 0.3 is 0 Å². The molecule has 1 unspecified atom stereocenters. The van der Waals surface area contributed by atoms with Crippen LogP contribution in [0.5, 0.6) is 0 Å². The highest BCUT2D eigenvalue weighted by atomic mass is 16.6. The Morgan fingerprint density at radius 2 is 2.05 bits per heavy atom. The third kappa shape index (κ3) is 2.74. The van der Waals surface area contributed by atoms with Crippen molar-refractivity contribution in [1.82, 2.24) is 15.6 Å². The van der Waals surface area contributed by atoms with Crippen molar-refractivity contribution in [2.45, 2.75) is 38.6 Å². The van der Waals surface area contributed by atoms with Gasteiger partial charge in [0, 0.05) is 0 Å². The van der Waals surface area contributed by atoms with Crippen LogP contribution in [0.4, 0.5) is 5.82 Å². The minimum absolute atomic E-state index is 0.00476. The van der Waals surface area contributed by atoms with Crippen LogP contribution in [-0.4, -0.2) is 16.2 Å². The molecule has 1 heterocycles. The number of anilines is 1. The smallest absolute Gasteiger partial charge is 0.277 e. The fourth-order valence-electron chi connectivity index (χ4n) is 2.72. The Balaban J connectivity index is 1.75. The molecule has 1 aromatic carbocycles. The number of benzene rings is 1. The van der Waals surface area contributed by atoms with E-state index >= 15 is 0 Å². The van der Waals surface area contributed by atoms with Crippen molar-refractivity contribution in [2.24, 2.45) is 0 Å². The van der Waals surface area contributed by atoms with Gasteiger partial charge in [-0.05, 0) is 59.6 Å². The Bertz CT molecular complexity index is 665. The van der Waals surface area contributed by atoms with Gasteiger partial charge in [0.1, 0.15) is 0 Å². The van der Waals surface area contributed by atoms with Crippen LogP contribution in [0.15, 0.2) is 22.8 Å². The summed E-state index contributed by atoms with van der Waals surface area (Å²) in [6, 6.07) is 6.29. The lowest BCUT2D eigenvalue weighted by Crippen LogP contribution is -2.27. The van der Waals surface area contributed by atoms with Gasteiger partial charge in [-0.15, -0.1) is 0 Å². The molecule has 3 rings (SSSR count). The molecule has 3 N–H and O–H groups in total. The fourth-order valence-corrected chi connectivity index (χ4v) is 2.72. The summed E-state index contributed by atoms with van der Waals surface area (Å²) in [5.74, 6) is -0.371. The van der Waals surface area contributed by atoms with Crippen LogP contribution in [0.3, 0.4) is 0 Å². The Morgan fingerprint density at radius 3 is 2.76 bits per heavy atom. The van der Waals surface area contributed by atoms with Crippen molar-refractivity contribution in [3.05, 3.63) is 40.6 Å². The van der Waals surface area contributed by atoms with Gasteiger partial charge in [0.15, 0.2) is 0 Å². The molecule has 0 spiro atoms. The number of fused-ring (bicyclic) bond motifs is 1. The van der Waals surface area contributed by atoms with Crippen LogP contribution in [0, 0.1) is 0 Å². The summed E-state index contributed by atoms with van der Waals surface area (Å²) in [5.41, 5.74) is 9.44. The number of nitrogens with one attached hydrogen (secondary N) is 1. The molecule has 0 aliphatic heterocycles. The lowest BCUT2D eigenvalue weighted by molar-refractivity contribution is 0.0930. The van der Waals surface area contributed by atoms with E-state index in [0.29, 0.717) is 0 Å². The van der Waals surface area contributed by atoms with Crippen LogP contribution in [0.1, 0.15) is 53.0 Å². The molecule has 1 amide bonds. The lowest BCUT2D eigenvalue weighted by atomic mass is 9.89. The average Bonchev–Trinajstić information content (AvgIpc) is 2.93. The molecule has 1 aliphatic carbocycles. The summed E-state index contributed by atoms with van der Waals surface area (Å²) in [7, 11) is 0. The normalized spacial score (nSPS) is 15.3. The number of amides is 1. The van der Waals surface area contributed by atoms with Crippen molar-refractivity contribution in [3.63, 3.8) is 0 Å². The zero-order valence-electron chi connectivity index (χ0n) is 11.9. The van der Waals surface area contributed by atoms with Crippen molar-refractivity contribution in [3.8, 4) is 0 Å². The molecular formula is C15H18N4O2. The zero-order valence-corrected chi connectivity index (χ0v) is 11.9. The molecule has 1 aromatic heterocycles. The van der Waals surface area contributed by atoms with E-state index in [0.717, 1.165) is 18.4 Å². The molecule has 0 radical (unpaired) electrons. The first-order valence-corrected chi connectivity index (χ1v) is 7.16. The quantitative estimate of drug-likeness (QED) is 0.900. The number of aromatic nitrogens is 2. The summed E-state index contributed by atoms with van der Waals surface area (Å²) in [6.45, 7) is 1.94. The molecule has 0 saturated carbocycles. The number of carbonyl (C=O) groups excluding carboxylic acids is 1. The number of aryl methyl sites for hydroxylation is 2. The van der Waals surface area contributed by atoms with E-state index in [1.165, 1.54) is 24.0 Å². The molecular weight excluding hydrogens is 268 g/mol. The maximum Gasteiger partial charge on any atom is 0.277 e. The van der Waals surface area contributed by atoms with Gasteiger partial charge in [-0.25, -0.2) is 4.63 Å². The van der Waals surface area contributed by atoms with E-state index in [1.54, 1.807) is 0 Å². The second-order valence-electron chi connectivity index (χ2n) is 5.43. The molecule has 110 valence electrons. The van der Waals surface area contributed by atoms with Crippen LogP contribution >= 0.6 is 0 Å². The van der Waals surface area contributed by atoms with Crippen LogP contribution in [0.25, 0.3) is 0 Å². The van der Waals surface area contributed by atoms with Gasteiger partial charge < -0.3 is 11.1 Å². The Kier molecular flexibility index (Phi) is 3.60. The second-order valence-corrected chi connectivity index (χ2v) is 5.43. The molecule has 21 heavy (non-hydrogen) atoms. The first-order valence-electron chi connectivity index (χ1n) is 7.16. The highest BCUT2D eigenvalue weighted by molar-refractivity contribution is 5.96. The highest BCUT2D eigenvalue weighted by Gasteiger charge is 2.19. The lowest BCUT2D eigenvalue weighted by Gasteiger charge is -2.19. The van der Waals surface area contributed by atoms with Crippen LogP contribution in [-0.2, 0) is 12.8 Å². The van der Waals surface area contributed by atoms with E-state index in [2.05, 4.69) is 38.5 Å². The summed E-state index contributed by atoms with van der Waals surface area (Å²) in [4.78, 5) is 12.0. The number of hydrogen-bond acceptors (Lipinski definition) is 5. The number of nitrogen functional groups attached to an aromatic ring is 1. The maximum atomic E-state index is 12.0. The first-order chi connectivity index (χ1) is 10.1. The van der Waals surface area contributed by atoms with E-state index in [9.17, 15) is 4.79 Å². The third-order valence-corrected chi connectivity index (χ3v) is 3.95. The van der Waals surface area contributed by atoms with Gasteiger partial charge in [0.2, 0.25) is 11.5 Å². The molecule has 1 aliphatic rings. The van der Waals surface area contributed by atoms with E-state index in [-0.39, 0.29) is 23.5 Å². The van der Waals surface area contributed by atoms with Gasteiger partial charge in [0.05, 0.1) is 6.04 Å². The van der Waals surface area contributed by atoms with Crippen molar-refractivity contribution < 1.29 is 9.42 Å². The number of rotatable bonds is 3. The van der Waals surface area contributed by atoms with Crippen molar-refractivity contribution in [1.29, 1.82) is 0 Å². The summed E-state index contributed by atoms with van der Waals surface area (Å²) < 4.78 is 4.44. The number of carbonyl (C=O) groups is 1. The fraction of sp³-hybridized carbons (Fsp3) is 0.400. The minimum atomic E-state index is -0.376. The molecule has 0 saturated heterocycles. The highest BCUT2D eigenvalue weighted by Crippen LogP contribution is 2.25. The molecule has 0 fully saturated rings. The van der Waals surface area contributed by atoms with Crippen molar-refractivity contribution >= 4 is 11.7 Å². The van der Waals surface area contributed by atoms with Crippen LogP contribution in [0.2, 0.25) is 0 Å². The second kappa shape index (κ2) is 5.55. The number of hydrogen-bond donors (Lipinski definition) is 2. The Labute approximate surface area is 122 Å². The zero-order chi connectivity index (χ0) is 14.8. The summed E-state index contributed by atoms with van der Waals surface area (Å²) in [5, 5.41) is 9.78. The molecule has 1 atom stereocenters. The van der Waals surface area contributed by atoms with E-state index in [4.69, 9.17) is 5.73 Å². The number of nitrogens with zero attached hydrogens (tertiary/aromatic N) is 2. The SMILES string of the molecule is CC(NC(=O)c1nonc1N)c1ccc2c(c1)CCCC2. The summed E-state index contributed by atoms with van der Waals surface area (Å²) >= 11 is 0. The molecule has 2 aromatic rings. The van der Waals surface area contributed by atoms with E-state index in [1.807, 2.05) is 6.92 Å². The Morgan fingerprint density at radius 1 is 1.29 bits per heavy atom. The largest absolute Gasteiger partial charge is 0.379 e.